The Morgan fingerprint density at radius 1 is 0.805 bits per heavy atom. The van der Waals surface area contributed by atoms with Gasteiger partial charge in [0.15, 0.2) is 6.10 Å². The third-order valence-corrected chi connectivity index (χ3v) is 7.35. The number of methoxy groups -OCH3 is 1. The molecule has 0 aliphatic carbocycles. The molecular formula is C32H29NO7S. The van der Waals surface area contributed by atoms with E-state index in [0.717, 1.165) is 16.9 Å². The normalized spacial score (nSPS) is 12.5. The summed E-state index contributed by atoms with van der Waals surface area (Å²) in [6, 6.07) is 30.6. The minimum Gasteiger partial charge on any atom is -0.479 e. The summed E-state index contributed by atoms with van der Waals surface area (Å²) in [5.41, 5.74) is 2.26. The van der Waals surface area contributed by atoms with E-state index in [2.05, 4.69) is 16.6 Å². The Morgan fingerprint density at radius 2 is 1.37 bits per heavy atom. The average Bonchev–Trinajstić information content (AvgIpc) is 2.99. The van der Waals surface area contributed by atoms with Gasteiger partial charge in [0.25, 0.3) is 0 Å². The topological polar surface area (TPSA) is 111 Å². The Balaban J connectivity index is 1.53. The highest BCUT2D eigenvalue weighted by atomic mass is 32.2. The molecule has 0 aromatic heterocycles. The standard InChI is InChI=1S/C32H29NO7S/c1-38-22-23-39-31(32(34)35)30(21-12-24-8-4-2-5-9-24)33-41(36,37)29-19-15-26(16-20-29)25-13-17-28(18-14-25)40-27-10-6-3-7-11-27/h2-11,13-20,30-31,33H,22-23H2,1H3,(H,34,35)/t30-,31+/m0/s1. The monoisotopic (exact) mass is 571 g/mol. The molecule has 2 atom stereocenters. The smallest absolute Gasteiger partial charge is 0.335 e. The van der Waals surface area contributed by atoms with Gasteiger partial charge in [-0.3, -0.25) is 0 Å². The van der Waals surface area contributed by atoms with Gasteiger partial charge in [-0.1, -0.05) is 72.5 Å². The third kappa shape index (κ3) is 8.51. The zero-order chi connectivity index (χ0) is 29.1. The first-order valence-corrected chi connectivity index (χ1v) is 14.2. The molecule has 0 heterocycles. The molecule has 0 bridgehead atoms. The fourth-order valence-electron chi connectivity index (χ4n) is 3.82. The summed E-state index contributed by atoms with van der Waals surface area (Å²) < 4.78 is 45.2. The van der Waals surface area contributed by atoms with Crippen LogP contribution in [0.1, 0.15) is 5.56 Å². The Kier molecular flexibility index (Phi) is 10.3. The van der Waals surface area contributed by atoms with Crippen LogP contribution in [0.3, 0.4) is 0 Å². The van der Waals surface area contributed by atoms with Crippen LogP contribution in [0.4, 0.5) is 0 Å². The maximum Gasteiger partial charge on any atom is 0.335 e. The fraction of sp³-hybridized carbons (Fsp3) is 0.156. The van der Waals surface area contributed by atoms with Gasteiger partial charge in [-0.15, -0.1) is 0 Å². The Bertz CT molecular complexity index is 1580. The number of ether oxygens (including phenoxy) is 3. The molecule has 41 heavy (non-hydrogen) atoms. The summed E-state index contributed by atoms with van der Waals surface area (Å²) in [5.74, 6) is 5.61. The van der Waals surface area contributed by atoms with Gasteiger partial charge >= 0.3 is 5.97 Å². The molecular weight excluding hydrogens is 542 g/mol. The van der Waals surface area contributed by atoms with E-state index >= 15 is 0 Å². The molecule has 0 amide bonds. The lowest BCUT2D eigenvalue weighted by Gasteiger charge is -2.21. The van der Waals surface area contributed by atoms with Crippen LogP contribution in [0.25, 0.3) is 11.1 Å². The molecule has 9 heteroatoms. The van der Waals surface area contributed by atoms with Crippen molar-refractivity contribution in [1.82, 2.24) is 4.72 Å². The third-order valence-electron chi connectivity index (χ3n) is 5.89. The summed E-state index contributed by atoms with van der Waals surface area (Å²) in [7, 11) is -2.71. The largest absolute Gasteiger partial charge is 0.479 e. The van der Waals surface area contributed by atoms with Crippen LogP contribution in [0.5, 0.6) is 11.5 Å². The number of benzene rings is 4. The summed E-state index contributed by atoms with van der Waals surface area (Å²) in [6.45, 7) is 0.0821. The van der Waals surface area contributed by atoms with Crippen molar-refractivity contribution in [3.05, 3.63) is 115 Å². The van der Waals surface area contributed by atoms with Gasteiger partial charge in [0.05, 0.1) is 18.1 Å². The van der Waals surface area contributed by atoms with E-state index in [-0.39, 0.29) is 18.1 Å². The quantitative estimate of drug-likeness (QED) is 0.183. The van der Waals surface area contributed by atoms with Gasteiger partial charge in [0.2, 0.25) is 10.0 Å². The van der Waals surface area contributed by atoms with Crippen molar-refractivity contribution in [2.75, 3.05) is 20.3 Å². The van der Waals surface area contributed by atoms with E-state index in [1.165, 1.54) is 19.2 Å². The molecule has 8 nitrogen and oxygen atoms in total. The number of sulfonamides is 1. The summed E-state index contributed by atoms with van der Waals surface area (Å²) >= 11 is 0. The lowest BCUT2D eigenvalue weighted by molar-refractivity contribution is -0.151. The number of carbonyl (C=O) groups is 1. The molecule has 0 unspecified atom stereocenters. The second kappa shape index (κ2) is 14.3. The van der Waals surface area contributed by atoms with E-state index < -0.39 is 28.1 Å². The average molecular weight is 572 g/mol. The maximum absolute atomic E-state index is 13.3. The fourth-order valence-corrected chi connectivity index (χ4v) is 4.97. The molecule has 2 N–H and O–H groups in total. The molecule has 0 saturated carbocycles. The highest BCUT2D eigenvalue weighted by Crippen LogP contribution is 2.26. The lowest BCUT2D eigenvalue weighted by atomic mass is 10.1. The van der Waals surface area contributed by atoms with Crippen LogP contribution < -0.4 is 9.46 Å². The van der Waals surface area contributed by atoms with Crippen molar-refractivity contribution >= 4 is 16.0 Å². The molecule has 0 saturated heterocycles. The molecule has 0 aliphatic rings. The number of hydrogen-bond donors (Lipinski definition) is 2. The first kappa shape index (κ1) is 29.5. The van der Waals surface area contributed by atoms with Crippen molar-refractivity contribution in [3.63, 3.8) is 0 Å². The Hall–Kier alpha value is -4.46. The first-order chi connectivity index (χ1) is 19.9. The number of carboxylic acid groups (broad SMARTS) is 1. The van der Waals surface area contributed by atoms with E-state index in [1.54, 1.807) is 36.4 Å². The van der Waals surface area contributed by atoms with Crippen LogP contribution in [0.15, 0.2) is 114 Å². The van der Waals surface area contributed by atoms with Crippen LogP contribution in [-0.2, 0) is 24.3 Å². The molecule has 4 aromatic carbocycles. The van der Waals surface area contributed by atoms with Gasteiger partial charge in [-0.05, 0) is 59.7 Å². The van der Waals surface area contributed by atoms with E-state index in [0.29, 0.717) is 11.3 Å². The number of nitrogens with one attached hydrogen (secondary N) is 1. The second-order valence-corrected chi connectivity index (χ2v) is 10.5. The van der Waals surface area contributed by atoms with Gasteiger partial charge in [0, 0.05) is 12.7 Å². The van der Waals surface area contributed by atoms with Gasteiger partial charge < -0.3 is 19.3 Å². The second-order valence-electron chi connectivity index (χ2n) is 8.82. The molecule has 0 radical (unpaired) electrons. The molecule has 0 spiro atoms. The Labute approximate surface area is 239 Å². The zero-order valence-electron chi connectivity index (χ0n) is 22.3. The van der Waals surface area contributed by atoms with Crippen LogP contribution >= 0.6 is 0 Å². The van der Waals surface area contributed by atoms with E-state index in [1.807, 2.05) is 60.7 Å². The molecule has 0 fully saturated rings. The summed E-state index contributed by atoms with van der Waals surface area (Å²) in [6.07, 6.45) is -1.56. The first-order valence-electron chi connectivity index (χ1n) is 12.7. The predicted molar refractivity (Wildman–Crippen MR) is 155 cm³/mol. The molecule has 0 aliphatic heterocycles. The maximum atomic E-state index is 13.3. The molecule has 4 aromatic rings. The van der Waals surface area contributed by atoms with Crippen molar-refractivity contribution in [1.29, 1.82) is 0 Å². The highest BCUT2D eigenvalue weighted by Gasteiger charge is 2.32. The van der Waals surface area contributed by atoms with E-state index in [9.17, 15) is 18.3 Å². The highest BCUT2D eigenvalue weighted by molar-refractivity contribution is 7.89. The Morgan fingerprint density at radius 3 is 1.95 bits per heavy atom. The molecule has 4 rings (SSSR count). The number of hydrogen-bond acceptors (Lipinski definition) is 6. The summed E-state index contributed by atoms with van der Waals surface area (Å²) in [4.78, 5) is 12.0. The SMILES string of the molecule is COCCO[C@@H](C(=O)O)[C@H](C#Cc1ccccc1)NS(=O)(=O)c1ccc(-c2ccc(Oc3ccccc3)cc2)cc1. The number of para-hydroxylation sites is 1. The number of rotatable bonds is 12. The van der Waals surface area contributed by atoms with Crippen LogP contribution in [-0.4, -0.2) is 52.0 Å². The summed E-state index contributed by atoms with van der Waals surface area (Å²) in [5, 5.41) is 9.79. The minimum absolute atomic E-state index is 0.0437. The van der Waals surface area contributed by atoms with Crippen LogP contribution in [0, 0.1) is 11.8 Å². The zero-order valence-corrected chi connectivity index (χ0v) is 23.1. The van der Waals surface area contributed by atoms with Crippen LogP contribution in [0.2, 0.25) is 0 Å². The van der Waals surface area contributed by atoms with Crippen molar-refractivity contribution in [2.24, 2.45) is 0 Å². The van der Waals surface area contributed by atoms with Gasteiger partial charge in [-0.25, -0.2) is 13.2 Å². The van der Waals surface area contributed by atoms with E-state index in [4.69, 9.17) is 14.2 Å². The number of carboxylic acids is 1. The van der Waals surface area contributed by atoms with Gasteiger partial charge in [-0.2, -0.15) is 4.72 Å². The molecule has 210 valence electrons. The minimum atomic E-state index is -4.16. The van der Waals surface area contributed by atoms with Crippen molar-refractivity contribution in [2.45, 2.75) is 17.0 Å². The lowest BCUT2D eigenvalue weighted by Crippen LogP contribution is -2.47. The van der Waals surface area contributed by atoms with Crippen molar-refractivity contribution < 1.29 is 32.5 Å². The number of aliphatic carboxylic acids is 1. The predicted octanol–water partition coefficient (Wildman–Crippen LogP) is 4.96. The van der Waals surface area contributed by atoms with Gasteiger partial charge in [0.1, 0.15) is 17.5 Å². The van der Waals surface area contributed by atoms with Crippen molar-refractivity contribution in [3.8, 4) is 34.5 Å².